The Morgan fingerprint density at radius 3 is 3.07 bits per heavy atom. The van der Waals surface area contributed by atoms with Crippen LogP contribution in [-0.2, 0) is 4.79 Å². The summed E-state index contributed by atoms with van der Waals surface area (Å²) in [6.07, 6.45) is 2.03. The van der Waals surface area contributed by atoms with Gasteiger partial charge in [0, 0.05) is 5.69 Å². The lowest BCUT2D eigenvalue weighted by Crippen LogP contribution is -2.35. The van der Waals surface area contributed by atoms with E-state index in [1.807, 2.05) is 31.2 Å². The summed E-state index contributed by atoms with van der Waals surface area (Å²) in [6.45, 7) is 2.97. The summed E-state index contributed by atoms with van der Waals surface area (Å²) in [7, 11) is 0. The van der Waals surface area contributed by atoms with Crippen molar-refractivity contribution >= 4 is 11.6 Å². The molecule has 3 nitrogen and oxygen atoms in total. The van der Waals surface area contributed by atoms with Gasteiger partial charge in [-0.1, -0.05) is 12.1 Å². The number of anilines is 1. The fraction of sp³-hybridized carbons (Fsp3) is 0.417. The van der Waals surface area contributed by atoms with Crippen molar-refractivity contribution in [1.29, 1.82) is 0 Å². The summed E-state index contributed by atoms with van der Waals surface area (Å²) >= 11 is 0. The van der Waals surface area contributed by atoms with E-state index in [2.05, 4.69) is 10.6 Å². The van der Waals surface area contributed by atoms with Gasteiger partial charge in [-0.3, -0.25) is 4.79 Å². The molecule has 1 fully saturated rings. The highest BCUT2D eigenvalue weighted by molar-refractivity contribution is 5.95. The Labute approximate surface area is 89.9 Å². The predicted molar refractivity (Wildman–Crippen MR) is 60.8 cm³/mol. The Morgan fingerprint density at radius 2 is 2.40 bits per heavy atom. The molecule has 0 aromatic heterocycles. The van der Waals surface area contributed by atoms with Crippen molar-refractivity contribution in [2.24, 2.45) is 0 Å². The molecule has 2 N–H and O–H groups in total. The lowest BCUT2D eigenvalue weighted by molar-refractivity contribution is -0.117. The molecule has 1 aliphatic rings. The molecule has 3 heteroatoms. The molecular formula is C12H16N2O. The predicted octanol–water partition coefficient (Wildman–Crippen LogP) is 1.69. The van der Waals surface area contributed by atoms with Crippen LogP contribution in [0.25, 0.3) is 0 Å². The summed E-state index contributed by atoms with van der Waals surface area (Å²) in [5.41, 5.74) is 2.04. The van der Waals surface area contributed by atoms with Crippen molar-refractivity contribution in [1.82, 2.24) is 5.32 Å². The van der Waals surface area contributed by atoms with Crippen LogP contribution in [0.4, 0.5) is 5.69 Å². The second kappa shape index (κ2) is 4.45. The number of hydrogen-bond donors (Lipinski definition) is 2. The van der Waals surface area contributed by atoms with Crippen LogP contribution >= 0.6 is 0 Å². The zero-order chi connectivity index (χ0) is 10.7. The first kappa shape index (κ1) is 10.2. The highest BCUT2D eigenvalue weighted by Gasteiger charge is 2.21. The average Bonchev–Trinajstić information content (AvgIpc) is 2.70. The monoisotopic (exact) mass is 204 g/mol. The lowest BCUT2D eigenvalue weighted by atomic mass is 10.2. The third kappa shape index (κ3) is 2.57. The largest absolute Gasteiger partial charge is 0.325 e. The Hall–Kier alpha value is -1.35. The van der Waals surface area contributed by atoms with Gasteiger partial charge in [-0.2, -0.15) is 0 Å². The molecule has 0 aliphatic carbocycles. The van der Waals surface area contributed by atoms with E-state index in [1.165, 1.54) is 0 Å². The number of amides is 1. The maximum absolute atomic E-state index is 11.8. The van der Waals surface area contributed by atoms with Crippen LogP contribution in [0.15, 0.2) is 24.3 Å². The maximum Gasteiger partial charge on any atom is 0.241 e. The number of aryl methyl sites for hydroxylation is 1. The molecule has 0 spiro atoms. The van der Waals surface area contributed by atoms with Crippen molar-refractivity contribution < 1.29 is 4.79 Å². The van der Waals surface area contributed by atoms with Crippen LogP contribution in [0.3, 0.4) is 0 Å². The Kier molecular flexibility index (Phi) is 3.02. The molecule has 0 radical (unpaired) electrons. The fourth-order valence-electron chi connectivity index (χ4n) is 1.86. The van der Waals surface area contributed by atoms with Crippen molar-refractivity contribution in [2.75, 3.05) is 11.9 Å². The van der Waals surface area contributed by atoms with E-state index in [-0.39, 0.29) is 11.9 Å². The van der Waals surface area contributed by atoms with Crippen LogP contribution in [0.5, 0.6) is 0 Å². The van der Waals surface area contributed by atoms with Gasteiger partial charge in [0.1, 0.15) is 0 Å². The topological polar surface area (TPSA) is 41.1 Å². The molecule has 2 rings (SSSR count). The van der Waals surface area contributed by atoms with Gasteiger partial charge in [0.2, 0.25) is 5.91 Å². The van der Waals surface area contributed by atoms with Gasteiger partial charge in [-0.15, -0.1) is 0 Å². The number of carbonyl (C=O) groups is 1. The lowest BCUT2D eigenvalue weighted by Gasteiger charge is -2.11. The Morgan fingerprint density at radius 1 is 1.53 bits per heavy atom. The summed E-state index contributed by atoms with van der Waals surface area (Å²) in [5, 5.41) is 6.10. The van der Waals surface area contributed by atoms with E-state index in [0.29, 0.717) is 0 Å². The Balaban J connectivity index is 1.99. The summed E-state index contributed by atoms with van der Waals surface area (Å²) in [6, 6.07) is 7.86. The molecule has 1 atom stereocenters. The van der Waals surface area contributed by atoms with E-state index in [1.54, 1.807) is 0 Å². The van der Waals surface area contributed by atoms with E-state index >= 15 is 0 Å². The average molecular weight is 204 g/mol. The molecule has 15 heavy (non-hydrogen) atoms. The smallest absolute Gasteiger partial charge is 0.241 e. The van der Waals surface area contributed by atoms with Crippen molar-refractivity contribution in [2.45, 2.75) is 25.8 Å². The molecule has 1 amide bonds. The molecule has 1 heterocycles. The minimum absolute atomic E-state index is 0.00878. The number of nitrogens with one attached hydrogen (secondary N) is 2. The first-order valence-corrected chi connectivity index (χ1v) is 5.36. The minimum Gasteiger partial charge on any atom is -0.325 e. The third-order valence-electron chi connectivity index (χ3n) is 2.66. The molecular weight excluding hydrogens is 188 g/mol. The molecule has 1 aromatic carbocycles. The van der Waals surface area contributed by atoms with E-state index in [9.17, 15) is 4.79 Å². The first-order chi connectivity index (χ1) is 7.25. The molecule has 1 saturated heterocycles. The quantitative estimate of drug-likeness (QED) is 0.769. The van der Waals surface area contributed by atoms with E-state index in [4.69, 9.17) is 0 Å². The standard InChI is InChI=1S/C12H16N2O/c1-9-4-2-5-10(8-9)14-12(15)11-6-3-7-13-11/h2,4-5,8,11,13H,3,6-7H2,1H3,(H,14,15)/t11-/m0/s1. The summed E-state index contributed by atoms with van der Waals surface area (Å²) in [5.74, 6) is 0.0816. The first-order valence-electron chi connectivity index (χ1n) is 5.36. The number of carbonyl (C=O) groups excluding carboxylic acids is 1. The SMILES string of the molecule is Cc1cccc(NC(=O)[C@@H]2CCCN2)c1. The van der Waals surface area contributed by atoms with Gasteiger partial charge >= 0.3 is 0 Å². The summed E-state index contributed by atoms with van der Waals surface area (Å²) in [4.78, 5) is 11.8. The van der Waals surface area contributed by atoms with Crippen LogP contribution in [0, 0.1) is 6.92 Å². The molecule has 1 aromatic rings. The zero-order valence-electron chi connectivity index (χ0n) is 8.92. The Bertz CT molecular complexity index is 356. The van der Waals surface area contributed by atoms with Gasteiger partial charge in [0.05, 0.1) is 6.04 Å². The van der Waals surface area contributed by atoms with Crippen LogP contribution in [0.2, 0.25) is 0 Å². The van der Waals surface area contributed by atoms with Crippen LogP contribution < -0.4 is 10.6 Å². The van der Waals surface area contributed by atoms with Gasteiger partial charge in [-0.25, -0.2) is 0 Å². The van der Waals surface area contributed by atoms with Crippen LogP contribution in [-0.4, -0.2) is 18.5 Å². The van der Waals surface area contributed by atoms with E-state index < -0.39 is 0 Å². The molecule has 1 aliphatic heterocycles. The summed E-state index contributed by atoms with van der Waals surface area (Å²) < 4.78 is 0. The zero-order valence-corrected chi connectivity index (χ0v) is 8.92. The van der Waals surface area contributed by atoms with Crippen molar-refractivity contribution in [3.63, 3.8) is 0 Å². The highest BCUT2D eigenvalue weighted by Crippen LogP contribution is 2.12. The maximum atomic E-state index is 11.8. The molecule has 0 saturated carbocycles. The molecule has 0 bridgehead atoms. The van der Waals surface area contributed by atoms with Crippen molar-refractivity contribution in [3.8, 4) is 0 Å². The molecule has 80 valence electrons. The van der Waals surface area contributed by atoms with E-state index in [0.717, 1.165) is 30.6 Å². The van der Waals surface area contributed by atoms with Crippen LogP contribution in [0.1, 0.15) is 18.4 Å². The normalized spacial score (nSPS) is 20.2. The third-order valence-corrected chi connectivity index (χ3v) is 2.66. The minimum atomic E-state index is -0.00878. The fourth-order valence-corrected chi connectivity index (χ4v) is 1.86. The number of benzene rings is 1. The second-order valence-corrected chi connectivity index (χ2v) is 4.01. The van der Waals surface area contributed by atoms with Gasteiger partial charge in [-0.05, 0) is 44.0 Å². The van der Waals surface area contributed by atoms with Gasteiger partial charge in [0.25, 0.3) is 0 Å². The second-order valence-electron chi connectivity index (χ2n) is 4.01. The van der Waals surface area contributed by atoms with Gasteiger partial charge < -0.3 is 10.6 Å². The van der Waals surface area contributed by atoms with Gasteiger partial charge in [0.15, 0.2) is 0 Å². The number of rotatable bonds is 2. The highest BCUT2D eigenvalue weighted by atomic mass is 16.2. The molecule has 0 unspecified atom stereocenters. The number of hydrogen-bond acceptors (Lipinski definition) is 2. The van der Waals surface area contributed by atoms with Crippen molar-refractivity contribution in [3.05, 3.63) is 29.8 Å².